The molecule has 3 aromatic rings. The van der Waals surface area contributed by atoms with Gasteiger partial charge in [0.15, 0.2) is 0 Å². The Kier molecular flexibility index (Phi) is 4.48. The van der Waals surface area contributed by atoms with Gasteiger partial charge in [0.25, 0.3) is 0 Å². The third-order valence-electron chi connectivity index (χ3n) is 4.60. The summed E-state index contributed by atoms with van der Waals surface area (Å²) in [6, 6.07) is 18.0. The van der Waals surface area contributed by atoms with Gasteiger partial charge in [-0.3, -0.25) is 4.79 Å². The van der Waals surface area contributed by atoms with Crippen molar-refractivity contribution in [3.05, 3.63) is 66.0 Å². The van der Waals surface area contributed by atoms with E-state index in [0.29, 0.717) is 32.5 Å². The summed E-state index contributed by atoms with van der Waals surface area (Å²) in [6.07, 6.45) is 1.05. The van der Waals surface area contributed by atoms with Crippen LogP contribution in [0.2, 0.25) is 0 Å². The van der Waals surface area contributed by atoms with Crippen LogP contribution in [-0.4, -0.2) is 40.5 Å². The Hall–Kier alpha value is -2.66. The molecule has 5 heteroatoms. The minimum absolute atomic E-state index is 0.0369. The van der Waals surface area contributed by atoms with Gasteiger partial charge in [-0.05, 0) is 17.7 Å². The fraction of sp³-hybridized carbons (Fsp3) is 0.300. The highest BCUT2D eigenvalue weighted by Crippen LogP contribution is 2.22. The average Bonchev–Trinajstić information content (AvgIpc) is 3.10. The van der Waals surface area contributed by atoms with Crippen LogP contribution in [0.25, 0.3) is 11.0 Å². The van der Waals surface area contributed by atoms with E-state index in [9.17, 15) is 4.79 Å². The zero-order valence-corrected chi connectivity index (χ0v) is 14.0. The number of carbonyl (C=O) groups is 1. The van der Waals surface area contributed by atoms with E-state index >= 15 is 0 Å². The Labute approximate surface area is 146 Å². The molecule has 1 aliphatic rings. The quantitative estimate of drug-likeness (QED) is 0.797. The van der Waals surface area contributed by atoms with Crippen molar-refractivity contribution in [1.29, 1.82) is 0 Å². The van der Waals surface area contributed by atoms with E-state index in [1.165, 1.54) is 0 Å². The number of fused-ring (bicyclic) bond motifs is 1. The molecule has 1 fully saturated rings. The summed E-state index contributed by atoms with van der Waals surface area (Å²) in [6.45, 7) is 1.85. The lowest BCUT2D eigenvalue weighted by molar-refractivity contribution is -0.139. The lowest BCUT2D eigenvalue weighted by atomic mass is 10.1. The summed E-state index contributed by atoms with van der Waals surface area (Å²) in [7, 11) is 0. The van der Waals surface area contributed by atoms with Crippen LogP contribution >= 0.6 is 0 Å². The highest BCUT2D eigenvalue weighted by molar-refractivity contribution is 5.77. The average molecular weight is 335 g/mol. The molecule has 1 atom stereocenters. The summed E-state index contributed by atoms with van der Waals surface area (Å²) in [5, 5.41) is 0. The zero-order chi connectivity index (χ0) is 17.1. The van der Waals surface area contributed by atoms with E-state index in [1.54, 1.807) is 0 Å². The number of rotatable bonds is 4. The van der Waals surface area contributed by atoms with Gasteiger partial charge >= 0.3 is 0 Å². The molecule has 1 aliphatic heterocycles. The molecular formula is C20H21N3O2. The van der Waals surface area contributed by atoms with Gasteiger partial charge in [0.2, 0.25) is 5.91 Å². The van der Waals surface area contributed by atoms with Crippen molar-refractivity contribution in [1.82, 2.24) is 14.9 Å². The van der Waals surface area contributed by atoms with Gasteiger partial charge in [-0.25, -0.2) is 4.98 Å². The predicted octanol–water partition coefficient (Wildman–Crippen LogP) is 3.10. The van der Waals surface area contributed by atoms with Crippen molar-refractivity contribution >= 4 is 16.9 Å². The minimum atomic E-state index is -0.0369. The predicted molar refractivity (Wildman–Crippen MR) is 96.1 cm³/mol. The molecule has 128 valence electrons. The van der Waals surface area contributed by atoms with Gasteiger partial charge < -0.3 is 14.6 Å². The molecule has 1 amide bonds. The topological polar surface area (TPSA) is 58.2 Å². The number of benzene rings is 2. The summed E-state index contributed by atoms with van der Waals surface area (Å²) < 4.78 is 5.83. The minimum Gasteiger partial charge on any atom is -0.370 e. The Bertz CT molecular complexity index is 827. The van der Waals surface area contributed by atoms with Crippen LogP contribution in [0.3, 0.4) is 0 Å². The van der Waals surface area contributed by atoms with Crippen LogP contribution in [0.5, 0.6) is 0 Å². The molecule has 1 saturated heterocycles. The van der Waals surface area contributed by atoms with Crippen LogP contribution in [0.1, 0.15) is 23.9 Å². The first-order valence-corrected chi connectivity index (χ1v) is 8.67. The molecule has 0 radical (unpaired) electrons. The van der Waals surface area contributed by atoms with Crippen LogP contribution in [-0.2, 0) is 16.0 Å². The standard InChI is InChI=1S/C20H21N3O2/c24-20(11-10-19-21-16-8-4-5-9-17(16)22-19)23-12-13-25-18(14-23)15-6-2-1-3-7-15/h1-9,18H,10-14H2,(H,21,22). The van der Waals surface area contributed by atoms with Crippen LogP contribution < -0.4 is 0 Å². The van der Waals surface area contributed by atoms with Crippen LogP contribution in [0, 0.1) is 0 Å². The number of aromatic amines is 1. The molecule has 5 nitrogen and oxygen atoms in total. The number of hydrogen-bond donors (Lipinski definition) is 1. The molecule has 0 aliphatic carbocycles. The molecule has 0 bridgehead atoms. The van der Waals surface area contributed by atoms with Gasteiger partial charge in [0.05, 0.1) is 24.2 Å². The lowest BCUT2D eigenvalue weighted by Crippen LogP contribution is -2.42. The molecule has 1 N–H and O–H groups in total. The first-order chi connectivity index (χ1) is 12.3. The highest BCUT2D eigenvalue weighted by Gasteiger charge is 2.25. The second-order valence-corrected chi connectivity index (χ2v) is 6.31. The number of para-hydroxylation sites is 2. The maximum atomic E-state index is 12.6. The molecule has 1 unspecified atom stereocenters. The molecule has 0 saturated carbocycles. The second-order valence-electron chi connectivity index (χ2n) is 6.31. The van der Waals surface area contributed by atoms with Crippen molar-refractivity contribution in [3.8, 4) is 0 Å². The molecular weight excluding hydrogens is 314 g/mol. The molecule has 25 heavy (non-hydrogen) atoms. The number of nitrogens with zero attached hydrogens (tertiary/aromatic N) is 2. The zero-order valence-electron chi connectivity index (χ0n) is 14.0. The first kappa shape index (κ1) is 15.8. The summed E-state index contributed by atoms with van der Waals surface area (Å²) in [5.41, 5.74) is 3.08. The summed E-state index contributed by atoms with van der Waals surface area (Å²) >= 11 is 0. The third kappa shape index (κ3) is 3.56. The number of nitrogens with one attached hydrogen (secondary N) is 1. The van der Waals surface area contributed by atoms with Gasteiger partial charge in [0, 0.05) is 19.4 Å². The van der Waals surface area contributed by atoms with E-state index < -0.39 is 0 Å². The number of H-pyrrole nitrogens is 1. The van der Waals surface area contributed by atoms with Crippen LogP contribution in [0.4, 0.5) is 0 Å². The first-order valence-electron chi connectivity index (χ1n) is 8.67. The van der Waals surface area contributed by atoms with Gasteiger partial charge in [-0.15, -0.1) is 0 Å². The normalized spacial score (nSPS) is 17.8. The fourth-order valence-corrected chi connectivity index (χ4v) is 3.25. The molecule has 2 aromatic carbocycles. The van der Waals surface area contributed by atoms with Crippen molar-refractivity contribution in [2.24, 2.45) is 0 Å². The molecule has 0 spiro atoms. The number of aryl methyl sites for hydroxylation is 1. The van der Waals surface area contributed by atoms with Crippen LogP contribution in [0.15, 0.2) is 54.6 Å². The highest BCUT2D eigenvalue weighted by atomic mass is 16.5. The summed E-state index contributed by atoms with van der Waals surface area (Å²) in [5.74, 6) is 1.02. The van der Waals surface area contributed by atoms with Gasteiger partial charge in [-0.2, -0.15) is 0 Å². The SMILES string of the molecule is O=C(CCc1nc2ccccc2[nH]1)N1CCOC(c2ccccc2)C1. The second kappa shape index (κ2) is 7.07. The number of hydrogen-bond acceptors (Lipinski definition) is 3. The fourth-order valence-electron chi connectivity index (χ4n) is 3.25. The number of ether oxygens (including phenoxy) is 1. The molecule has 2 heterocycles. The number of amides is 1. The van der Waals surface area contributed by atoms with Gasteiger partial charge in [-0.1, -0.05) is 42.5 Å². The van der Waals surface area contributed by atoms with E-state index in [0.717, 1.165) is 22.4 Å². The monoisotopic (exact) mass is 335 g/mol. The van der Waals surface area contributed by atoms with E-state index in [-0.39, 0.29) is 12.0 Å². The Morgan fingerprint density at radius 2 is 1.96 bits per heavy atom. The van der Waals surface area contributed by atoms with E-state index in [4.69, 9.17) is 4.74 Å². The Morgan fingerprint density at radius 3 is 2.80 bits per heavy atom. The number of carbonyl (C=O) groups excluding carboxylic acids is 1. The van der Waals surface area contributed by atoms with Crippen molar-refractivity contribution in [2.45, 2.75) is 18.9 Å². The number of aromatic nitrogens is 2. The summed E-state index contributed by atoms with van der Waals surface area (Å²) in [4.78, 5) is 22.3. The maximum absolute atomic E-state index is 12.6. The number of morpholine rings is 1. The molecule has 1 aromatic heterocycles. The van der Waals surface area contributed by atoms with Crippen molar-refractivity contribution in [3.63, 3.8) is 0 Å². The number of imidazole rings is 1. The largest absolute Gasteiger partial charge is 0.370 e. The Balaban J connectivity index is 1.37. The van der Waals surface area contributed by atoms with E-state index in [1.807, 2.05) is 59.5 Å². The van der Waals surface area contributed by atoms with Crippen molar-refractivity contribution < 1.29 is 9.53 Å². The molecule has 4 rings (SSSR count). The smallest absolute Gasteiger partial charge is 0.223 e. The maximum Gasteiger partial charge on any atom is 0.223 e. The van der Waals surface area contributed by atoms with Crippen molar-refractivity contribution in [2.75, 3.05) is 19.7 Å². The lowest BCUT2D eigenvalue weighted by Gasteiger charge is -2.33. The Morgan fingerprint density at radius 1 is 1.16 bits per heavy atom. The van der Waals surface area contributed by atoms with E-state index in [2.05, 4.69) is 9.97 Å². The van der Waals surface area contributed by atoms with Gasteiger partial charge in [0.1, 0.15) is 11.9 Å². The third-order valence-corrected chi connectivity index (χ3v) is 4.60.